The van der Waals surface area contributed by atoms with Gasteiger partial charge in [-0.1, -0.05) is 12.1 Å². The minimum Gasteiger partial charge on any atom is -0.371 e. The monoisotopic (exact) mass is 489 g/mol. The highest BCUT2D eigenvalue weighted by atomic mass is 19.4. The van der Waals surface area contributed by atoms with Crippen molar-refractivity contribution in [2.45, 2.75) is 38.1 Å². The lowest BCUT2D eigenvalue weighted by atomic mass is 9.92. The van der Waals surface area contributed by atoms with Gasteiger partial charge in [0.15, 0.2) is 0 Å². The van der Waals surface area contributed by atoms with Crippen molar-refractivity contribution in [3.63, 3.8) is 0 Å². The number of fused-ring (bicyclic) bond motifs is 1. The van der Waals surface area contributed by atoms with E-state index < -0.39 is 23.4 Å². The highest BCUT2D eigenvalue weighted by molar-refractivity contribution is 5.87. The topological polar surface area (TPSA) is 89.3 Å². The van der Waals surface area contributed by atoms with E-state index in [0.29, 0.717) is 40.9 Å². The number of aromatic nitrogens is 3. The number of methoxy groups -OCH3 is 1. The molecule has 1 aliphatic rings. The number of carbonyl (C=O) groups excluding carboxylic acids is 1. The van der Waals surface area contributed by atoms with E-state index in [1.165, 1.54) is 31.0 Å². The zero-order valence-electron chi connectivity index (χ0n) is 19.8. The van der Waals surface area contributed by atoms with Crippen LogP contribution >= 0.6 is 0 Å². The van der Waals surface area contributed by atoms with E-state index in [-0.39, 0.29) is 18.0 Å². The fourth-order valence-corrected chi connectivity index (χ4v) is 4.53. The number of ether oxygens (including phenoxy) is 1. The molecule has 0 saturated carbocycles. The summed E-state index contributed by atoms with van der Waals surface area (Å²) in [7, 11) is 3.09. The van der Waals surface area contributed by atoms with Crippen molar-refractivity contribution in [1.29, 1.82) is 0 Å². The number of nitrogens with one attached hydrogen (secondary N) is 1. The standard InChI is InChI=1S/C24H26F3N5O3/c1-14(16-6-5-7-17(10-16)24(25,26)27)30-20-18-11-19(22(34)31(3)21(18)29-13-28-20)23(35-4)8-9-32(12-23)15(2)33/h5-7,10-11,13-14H,8-9,12H2,1-4H3,(H,28,29,30)/t14-,23+/m1/s1. The van der Waals surface area contributed by atoms with Crippen LogP contribution in [-0.4, -0.2) is 45.5 Å². The summed E-state index contributed by atoms with van der Waals surface area (Å²) in [6.45, 7) is 3.88. The number of hydrogen-bond acceptors (Lipinski definition) is 6. The van der Waals surface area contributed by atoms with Gasteiger partial charge in [0.1, 0.15) is 23.4 Å². The van der Waals surface area contributed by atoms with Gasteiger partial charge in [-0.25, -0.2) is 9.97 Å². The second kappa shape index (κ2) is 8.95. The number of amides is 1. The Kier molecular flexibility index (Phi) is 6.31. The number of aryl methyl sites for hydroxylation is 1. The second-order valence-electron chi connectivity index (χ2n) is 8.76. The molecule has 0 radical (unpaired) electrons. The van der Waals surface area contributed by atoms with E-state index in [0.717, 1.165) is 12.1 Å². The van der Waals surface area contributed by atoms with Gasteiger partial charge in [-0.2, -0.15) is 13.2 Å². The molecule has 1 N–H and O–H groups in total. The third-order valence-corrected chi connectivity index (χ3v) is 6.63. The number of alkyl halides is 3. The van der Waals surface area contributed by atoms with Gasteiger partial charge in [-0.3, -0.25) is 14.2 Å². The number of benzene rings is 1. The van der Waals surface area contributed by atoms with Gasteiger partial charge in [0.25, 0.3) is 5.56 Å². The molecule has 186 valence electrons. The first kappa shape index (κ1) is 24.6. The molecule has 2 atom stereocenters. The minimum atomic E-state index is -4.45. The summed E-state index contributed by atoms with van der Waals surface area (Å²) in [5, 5.41) is 3.68. The maximum Gasteiger partial charge on any atom is 0.416 e. The summed E-state index contributed by atoms with van der Waals surface area (Å²) in [6, 6.07) is 6.22. The molecule has 3 heterocycles. The van der Waals surface area contributed by atoms with Crippen molar-refractivity contribution in [2.75, 3.05) is 25.5 Å². The lowest BCUT2D eigenvalue weighted by Gasteiger charge is -2.28. The normalized spacial score (nSPS) is 19.2. The van der Waals surface area contributed by atoms with Gasteiger partial charge in [0, 0.05) is 40.1 Å². The van der Waals surface area contributed by atoms with E-state index in [9.17, 15) is 22.8 Å². The number of nitrogens with zero attached hydrogens (tertiary/aromatic N) is 4. The lowest BCUT2D eigenvalue weighted by molar-refractivity contribution is -0.137. The Balaban J connectivity index is 1.78. The van der Waals surface area contributed by atoms with Crippen molar-refractivity contribution in [3.8, 4) is 0 Å². The maximum atomic E-state index is 13.3. The van der Waals surface area contributed by atoms with Crippen LogP contribution in [0.2, 0.25) is 0 Å². The molecule has 8 nitrogen and oxygen atoms in total. The van der Waals surface area contributed by atoms with Gasteiger partial charge >= 0.3 is 6.18 Å². The molecule has 2 aromatic heterocycles. The Labute approximate surface area is 199 Å². The van der Waals surface area contributed by atoms with Crippen molar-refractivity contribution in [3.05, 3.63) is 63.7 Å². The summed E-state index contributed by atoms with van der Waals surface area (Å²) in [5.41, 5.74) is -0.880. The third-order valence-electron chi connectivity index (χ3n) is 6.63. The van der Waals surface area contributed by atoms with Gasteiger partial charge in [0.2, 0.25) is 5.91 Å². The number of halogens is 3. The fourth-order valence-electron chi connectivity index (χ4n) is 4.53. The minimum absolute atomic E-state index is 0.109. The van der Waals surface area contributed by atoms with Crippen LogP contribution in [0.4, 0.5) is 19.0 Å². The summed E-state index contributed by atoms with van der Waals surface area (Å²) in [4.78, 5) is 35.4. The first-order chi connectivity index (χ1) is 16.5. The predicted molar refractivity (Wildman–Crippen MR) is 124 cm³/mol. The zero-order valence-corrected chi connectivity index (χ0v) is 19.8. The van der Waals surface area contributed by atoms with Crippen LogP contribution in [0.1, 0.15) is 43.0 Å². The first-order valence-electron chi connectivity index (χ1n) is 11.1. The Bertz CT molecular complexity index is 1340. The molecule has 1 aliphatic heterocycles. The molecule has 11 heteroatoms. The maximum absolute atomic E-state index is 13.3. The molecule has 1 fully saturated rings. The summed E-state index contributed by atoms with van der Waals surface area (Å²) in [6.07, 6.45) is -2.71. The molecule has 1 aromatic carbocycles. The molecule has 0 aliphatic carbocycles. The van der Waals surface area contributed by atoms with Gasteiger partial charge < -0.3 is 15.0 Å². The molecule has 4 rings (SSSR count). The fraction of sp³-hybridized carbons (Fsp3) is 0.417. The summed E-state index contributed by atoms with van der Waals surface area (Å²) < 4.78 is 46.7. The number of hydrogen-bond donors (Lipinski definition) is 1. The number of carbonyl (C=O) groups is 1. The molecular formula is C24H26F3N5O3. The molecule has 3 aromatic rings. The van der Waals surface area contributed by atoms with Crippen LogP contribution in [0.25, 0.3) is 11.0 Å². The summed E-state index contributed by atoms with van der Waals surface area (Å²) >= 11 is 0. The Morgan fingerprint density at radius 1 is 1.26 bits per heavy atom. The van der Waals surface area contributed by atoms with Crippen LogP contribution in [0, 0.1) is 0 Å². The Morgan fingerprint density at radius 3 is 2.63 bits per heavy atom. The highest BCUT2D eigenvalue weighted by Crippen LogP contribution is 2.36. The number of anilines is 1. The molecule has 0 spiro atoms. The van der Waals surface area contributed by atoms with Crippen molar-refractivity contribution < 1.29 is 22.7 Å². The molecule has 0 unspecified atom stereocenters. The van der Waals surface area contributed by atoms with E-state index in [2.05, 4.69) is 15.3 Å². The third kappa shape index (κ3) is 4.47. The number of likely N-dealkylation sites (tertiary alicyclic amines) is 1. The van der Waals surface area contributed by atoms with Crippen molar-refractivity contribution in [2.24, 2.45) is 7.05 Å². The zero-order chi connectivity index (χ0) is 25.5. The molecule has 1 amide bonds. The van der Waals surface area contributed by atoms with Crippen molar-refractivity contribution >= 4 is 22.8 Å². The molecular weight excluding hydrogens is 463 g/mol. The van der Waals surface area contributed by atoms with Crippen LogP contribution in [0.15, 0.2) is 41.5 Å². The van der Waals surface area contributed by atoms with Crippen LogP contribution in [0.3, 0.4) is 0 Å². The average molecular weight is 489 g/mol. The van der Waals surface area contributed by atoms with Crippen LogP contribution in [-0.2, 0) is 28.4 Å². The van der Waals surface area contributed by atoms with E-state index in [1.54, 1.807) is 31.0 Å². The summed E-state index contributed by atoms with van der Waals surface area (Å²) in [5.74, 6) is 0.256. The molecule has 1 saturated heterocycles. The van der Waals surface area contributed by atoms with Gasteiger partial charge in [0.05, 0.1) is 23.1 Å². The SMILES string of the molecule is CO[C@@]1(c2cc3c(N[C@H](C)c4cccc(C(F)(F)F)c4)ncnc3n(C)c2=O)CCN(C(C)=O)C1. The predicted octanol–water partition coefficient (Wildman–Crippen LogP) is 3.61. The van der Waals surface area contributed by atoms with E-state index in [4.69, 9.17) is 4.74 Å². The largest absolute Gasteiger partial charge is 0.416 e. The Morgan fingerprint density at radius 2 is 2.00 bits per heavy atom. The second-order valence-corrected chi connectivity index (χ2v) is 8.76. The lowest BCUT2D eigenvalue weighted by Crippen LogP contribution is -2.40. The van der Waals surface area contributed by atoms with Gasteiger partial charge in [-0.15, -0.1) is 0 Å². The van der Waals surface area contributed by atoms with Gasteiger partial charge in [-0.05, 0) is 30.7 Å². The van der Waals surface area contributed by atoms with Crippen molar-refractivity contribution in [1.82, 2.24) is 19.4 Å². The number of pyridine rings is 1. The van der Waals surface area contributed by atoms with E-state index >= 15 is 0 Å². The molecule has 35 heavy (non-hydrogen) atoms. The molecule has 0 bridgehead atoms. The average Bonchev–Trinajstić information content (AvgIpc) is 3.27. The number of rotatable bonds is 5. The van der Waals surface area contributed by atoms with Crippen LogP contribution in [0.5, 0.6) is 0 Å². The first-order valence-corrected chi connectivity index (χ1v) is 11.1. The Hall–Kier alpha value is -3.47. The smallest absolute Gasteiger partial charge is 0.371 e. The highest BCUT2D eigenvalue weighted by Gasteiger charge is 2.43. The van der Waals surface area contributed by atoms with E-state index in [1.807, 2.05) is 0 Å². The van der Waals surface area contributed by atoms with Crippen LogP contribution < -0.4 is 10.9 Å². The quantitative estimate of drug-likeness (QED) is 0.589.